The number of carbonyl (C=O) groups excluding carboxylic acids is 3. The first-order valence-electron chi connectivity index (χ1n) is 8.18. The van der Waals surface area contributed by atoms with Gasteiger partial charge in [-0.15, -0.1) is 0 Å². The van der Waals surface area contributed by atoms with Crippen LogP contribution in [-0.4, -0.2) is 24.3 Å². The van der Waals surface area contributed by atoms with Gasteiger partial charge in [0.25, 0.3) is 5.91 Å². The van der Waals surface area contributed by atoms with Gasteiger partial charge in [0.2, 0.25) is 11.8 Å². The molecule has 3 rings (SSSR count). The molecule has 7 heteroatoms. The predicted octanol–water partition coefficient (Wildman–Crippen LogP) is 2.46. The first-order chi connectivity index (χ1) is 12.5. The maximum Gasteiger partial charge on any atom is 0.269 e. The zero-order valence-corrected chi connectivity index (χ0v) is 14.9. The first kappa shape index (κ1) is 17.9. The molecule has 6 nitrogen and oxygen atoms in total. The van der Waals surface area contributed by atoms with E-state index in [0.717, 1.165) is 5.56 Å². The second-order valence-corrected chi connectivity index (χ2v) is 6.51. The van der Waals surface area contributed by atoms with Gasteiger partial charge in [0.05, 0.1) is 5.92 Å². The highest BCUT2D eigenvalue weighted by Crippen LogP contribution is 2.31. The van der Waals surface area contributed by atoms with E-state index >= 15 is 0 Å². The molecular formula is C19H18ClN3O3. The minimum atomic E-state index is -0.544. The second kappa shape index (κ2) is 7.58. The highest BCUT2D eigenvalue weighted by molar-refractivity contribution is 6.31. The van der Waals surface area contributed by atoms with E-state index in [1.807, 2.05) is 6.92 Å². The second-order valence-electron chi connectivity index (χ2n) is 6.10. The number of hydrogen-bond donors (Lipinski definition) is 2. The van der Waals surface area contributed by atoms with Gasteiger partial charge in [-0.1, -0.05) is 35.9 Å². The van der Waals surface area contributed by atoms with Crippen molar-refractivity contribution in [2.45, 2.75) is 13.3 Å². The van der Waals surface area contributed by atoms with Crippen LogP contribution in [0.25, 0.3) is 0 Å². The van der Waals surface area contributed by atoms with Gasteiger partial charge < -0.3 is 4.90 Å². The molecule has 0 aliphatic carbocycles. The summed E-state index contributed by atoms with van der Waals surface area (Å²) in [5.74, 6) is -1.50. The van der Waals surface area contributed by atoms with Crippen molar-refractivity contribution in [1.82, 2.24) is 10.9 Å². The number of hydrogen-bond acceptors (Lipinski definition) is 3. The summed E-state index contributed by atoms with van der Waals surface area (Å²) < 4.78 is 0. The number of hydrazine groups is 1. The maximum absolute atomic E-state index is 12.3. The van der Waals surface area contributed by atoms with Crippen LogP contribution in [0.5, 0.6) is 0 Å². The summed E-state index contributed by atoms with van der Waals surface area (Å²) in [6, 6.07) is 13.9. The van der Waals surface area contributed by atoms with E-state index in [0.29, 0.717) is 16.3 Å². The number of nitrogens with one attached hydrogen (secondary N) is 2. The van der Waals surface area contributed by atoms with Crippen LogP contribution in [0.1, 0.15) is 22.3 Å². The Labute approximate surface area is 156 Å². The monoisotopic (exact) mass is 371 g/mol. The highest BCUT2D eigenvalue weighted by Gasteiger charge is 2.36. The van der Waals surface area contributed by atoms with E-state index in [1.165, 1.54) is 0 Å². The number of amides is 3. The van der Waals surface area contributed by atoms with Gasteiger partial charge in [0, 0.05) is 29.2 Å². The maximum atomic E-state index is 12.3. The Bertz CT molecular complexity index is 854. The predicted molar refractivity (Wildman–Crippen MR) is 98.7 cm³/mol. The molecule has 2 N–H and O–H groups in total. The van der Waals surface area contributed by atoms with Gasteiger partial charge in [-0.05, 0) is 36.8 Å². The Morgan fingerprint density at radius 3 is 2.54 bits per heavy atom. The van der Waals surface area contributed by atoms with Crippen LogP contribution in [0.2, 0.25) is 5.02 Å². The third-order valence-corrected chi connectivity index (χ3v) is 4.77. The third-order valence-electron chi connectivity index (χ3n) is 4.36. The normalized spacial score (nSPS) is 16.5. The van der Waals surface area contributed by atoms with E-state index in [-0.39, 0.29) is 18.9 Å². The third kappa shape index (κ3) is 3.70. The van der Waals surface area contributed by atoms with Crippen molar-refractivity contribution in [3.8, 4) is 0 Å². The quantitative estimate of drug-likeness (QED) is 0.813. The fourth-order valence-corrected chi connectivity index (χ4v) is 3.06. The fourth-order valence-electron chi connectivity index (χ4n) is 2.89. The van der Waals surface area contributed by atoms with Gasteiger partial charge in [-0.25, -0.2) is 0 Å². The molecule has 2 aromatic carbocycles. The van der Waals surface area contributed by atoms with Crippen LogP contribution in [0, 0.1) is 12.8 Å². The molecule has 1 aliphatic rings. The molecule has 1 aliphatic heterocycles. The molecule has 0 aromatic heterocycles. The van der Waals surface area contributed by atoms with Crippen LogP contribution in [0.15, 0.2) is 48.5 Å². The van der Waals surface area contributed by atoms with Gasteiger partial charge in [0.15, 0.2) is 0 Å². The summed E-state index contributed by atoms with van der Waals surface area (Å²) in [6.45, 7) is 2.07. The number of carbonyl (C=O) groups is 3. The lowest BCUT2D eigenvalue weighted by molar-refractivity contribution is -0.126. The molecule has 0 saturated carbocycles. The highest BCUT2D eigenvalue weighted by atomic mass is 35.5. The molecule has 0 unspecified atom stereocenters. The molecule has 3 amide bonds. The summed E-state index contributed by atoms with van der Waals surface area (Å²) in [5, 5.41) is 0.568. The molecule has 1 heterocycles. The Balaban J connectivity index is 1.62. The Hall–Kier alpha value is -2.86. The molecule has 1 atom stereocenters. The van der Waals surface area contributed by atoms with Gasteiger partial charge >= 0.3 is 0 Å². The number of halogens is 1. The van der Waals surface area contributed by atoms with Gasteiger partial charge in [0.1, 0.15) is 0 Å². The zero-order chi connectivity index (χ0) is 18.7. The average molecular weight is 372 g/mol. The molecule has 0 radical (unpaired) electrons. The van der Waals surface area contributed by atoms with Crippen molar-refractivity contribution in [2.75, 3.05) is 11.4 Å². The Kier molecular flexibility index (Phi) is 5.23. The lowest BCUT2D eigenvalue weighted by Gasteiger charge is -2.19. The molecule has 26 heavy (non-hydrogen) atoms. The van der Waals surface area contributed by atoms with Crippen LogP contribution in [0.4, 0.5) is 5.69 Å². The van der Waals surface area contributed by atoms with Gasteiger partial charge in [-0.2, -0.15) is 0 Å². The fraction of sp³-hybridized carbons (Fsp3) is 0.211. The SMILES string of the molecule is Cc1c(Cl)cccc1N1C[C@@H](C(=O)NNC(=O)c2ccccc2)CC1=O. The van der Waals surface area contributed by atoms with E-state index in [2.05, 4.69) is 10.9 Å². The first-order valence-corrected chi connectivity index (χ1v) is 8.56. The molecule has 2 aromatic rings. The molecular weight excluding hydrogens is 354 g/mol. The Morgan fingerprint density at radius 1 is 1.08 bits per heavy atom. The van der Waals surface area contributed by atoms with E-state index in [4.69, 9.17) is 11.6 Å². The molecule has 1 fully saturated rings. The number of nitrogens with zero attached hydrogens (tertiary/aromatic N) is 1. The van der Waals surface area contributed by atoms with Crippen molar-refractivity contribution in [3.63, 3.8) is 0 Å². The van der Waals surface area contributed by atoms with E-state index in [9.17, 15) is 14.4 Å². The Morgan fingerprint density at radius 2 is 1.81 bits per heavy atom. The van der Waals surface area contributed by atoms with Crippen LogP contribution in [-0.2, 0) is 9.59 Å². The zero-order valence-electron chi connectivity index (χ0n) is 14.2. The molecule has 0 spiro atoms. The lowest BCUT2D eigenvalue weighted by atomic mass is 10.1. The van der Waals surface area contributed by atoms with Crippen molar-refractivity contribution in [1.29, 1.82) is 0 Å². The smallest absolute Gasteiger partial charge is 0.269 e. The topological polar surface area (TPSA) is 78.5 Å². The van der Waals surface area contributed by atoms with Crippen molar-refractivity contribution in [2.24, 2.45) is 5.92 Å². The van der Waals surface area contributed by atoms with Crippen molar-refractivity contribution >= 4 is 35.0 Å². The van der Waals surface area contributed by atoms with Crippen LogP contribution >= 0.6 is 11.6 Å². The number of anilines is 1. The summed E-state index contributed by atoms with van der Waals surface area (Å²) in [7, 11) is 0. The number of rotatable bonds is 3. The van der Waals surface area contributed by atoms with E-state index in [1.54, 1.807) is 53.4 Å². The lowest BCUT2D eigenvalue weighted by Crippen LogP contribution is -2.45. The van der Waals surface area contributed by atoms with Crippen molar-refractivity contribution in [3.05, 3.63) is 64.7 Å². The van der Waals surface area contributed by atoms with Crippen LogP contribution in [0.3, 0.4) is 0 Å². The largest absolute Gasteiger partial charge is 0.311 e. The summed E-state index contributed by atoms with van der Waals surface area (Å²) >= 11 is 6.12. The molecule has 134 valence electrons. The summed E-state index contributed by atoms with van der Waals surface area (Å²) in [5.41, 5.74) is 6.70. The van der Waals surface area contributed by atoms with Crippen LogP contribution < -0.4 is 15.8 Å². The summed E-state index contributed by atoms with van der Waals surface area (Å²) in [6.07, 6.45) is 0.0823. The average Bonchev–Trinajstić information content (AvgIpc) is 3.04. The molecule has 1 saturated heterocycles. The summed E-state index contributed by atoms with van der Waals surface area (Å²) in [4.78, 5) is 38.2. The van der Waals surface area contributed by atoms with E-state index < -0.39 is 17.7 Å². The molecule has 0 bridgehead atoms. The van der Waals surface area contributed by atoms with Crippen molar-refractivity contribution < 1.29 is 14.4 Å². The number of benzene rings is 2. The van der Waals surface area contributed by atoms with Gasteiger partial charge in [-0.3, -0.25) is 25.2 Å². The minimum Gasteiger partial charge on any atom is -0.311 e. The standard InChI is InChI=1S/C19H18ClN3O3/c1-12-15(20)8-5-9-16(12)23-11-14(10-17(23)24)19(26)22-21-18(25)13-6-3-2-4-7-13/h2-9,14H,10-11H2,1H3,(H,21,25)(H,22,26)/t14-/m0/s1. The minimum absolute atomic E-state index is 0.0823.